The Hall–Kier alpha value is -2.36. The van der Waals surface area contributed by atoms with Crippen LogP contribution in [0.5, 0.6) is 0 Å². The van der Waals surface area contributed by atoms with Gasteiger partial charge in [0, 0.05) is 12.2 Å². The minimum Gasteiger partial charge on any atom is -0.399 e. The smallest absolute Gasteiger partial charge is 0.224 e. The van der Waals surface area contributed by atoms with Crippen molar-refractivity contribution in [2.45, 2.75) is 12.8 Å². The van der Waals surface area contributed by atoms with Gasteiger partial charge in [-0.05, 0) is 35.7 Å². The maximum atomic E-state index is 13.4. The van der Waals surface area contributed by atoms with Crippen molar-refractivity contribution >= 4 is 11.6 Å². The third kappa shape index (κ3) is 4.09. The molecule has 2 rings (SSSR count). The molecular formula is C16H17FN2O. The molecule has 2 aromatic carbocycles. The number of hydrogen-bond acceptors (Lipinski definition) is 2. The summed E-state index contributed by atoms with van der Waals surface area (Å²) >= 11 is 0. The lowest BCUT2D eigenvalue weighted by Gasteiger charge is -2.06. The van der Waals surface area contributed by atoms with Gasteiger partial charge in [-0.15, -0.1) is 0 Å². The standard InChI is InChI=1S/C16H17FN2O/c17-15-4-2-1-3-13(15)11-16(20)19-10-9-12-5-7-14(18)8-6-12/h1-8H,9-11,18H2,(H,19,20). The maximum absolute atomic E-state index is 13.4. The SMILES string of the molecule is Nc1ccc(CCNC(=O)Cc2ccccc2F)cc1. The zero-order valence-corrected chi connectivity index (χ0v) is 11.1. The molecule has 0 aliphatic rings. The van der Waals surface area contributed by atoms with E-state index in [1.165, 1.54) is 6.07 Å². The first-order valence-electron chi connectivity index (χ1n) is 6.49. The van der Waals surface area contributed by atoms with Crippen molar-refractivity contribution in [2.75, 3.05) is 12.3 Å². The molecule has 104 valence electrons. The van der Waals surface area contributed by atoms with E-state index >= 15 is 0 Å². The molecule has 0 radical (unpaired) electrons. The van der Waals surface area contributed by atoms with Gasteiger partial charge in [-0.2, -0.15) is 0 Å². The minimum absolute atomic E-state index is 0.0639. The van der Waals surface area contributed by atoms with Crippen molar-refractivity contribution in [3.63, 3.8) is 0 Å². The van der Waals surface area contributed by atoms with Crippen molar-refractivity contribution in [1.82, 2.24) is 5.32 Å². The average Bonchev–Trinajstić information content (AvgIpc) is 2.44. The Balaban J connectivity index is 1.78. The van der Waals surface area contributed by atoms with Crippen LogP contribution in [0.1, 0.15) is 11.1 Å². The minimum atomic E-state index is -0.346. The Bertz CT molecular complexity index is 581. The van der Waals surface area contributed by atoms with Crippen LogP contribution in [0.25, 0.3) is 0 Å². The number of benzene rings is 2. The van der Waals surface area contributed by atoms with Crippen LogP contribution in [-0.2, 0) is 17.6 Å². The van der Waals surface area contributed by atoms with E-state index in [0.717, 1.165) is 17.7 Å². The highest BCUT2D eigenvalue weighted by Gasteiger charge is 2.06. The number of halogens is 1. The predicted octanol–water partition coefficient (Wildman–Crippen LogP) is 2.31. The molecule has 2 aromatic rings. The van der Waals surface area contributed by atoms with Crippen molar-refractivity contribution in [1.29, 1.82) is 0 Å². The number of nitrogens with one attached hydrogen (secondary N) is 1. The first-order valence-corrected chi connectivity index (χ1v) is 6.49. The van der Waals surface area contributed by atoms with E-state index in [1.54, 1.807) is 18.2 Å². The summed E-state index contributed by atoms with van der Waals surface area (Å²) in [5.41, 5.74) is 7.83. The molecule has 3 N–H and O–H groups in total. The van der Waals surface area contributed by atoms with Gasteiger partial charge in [0.05, 0.1) is 6.42 Å². The Labute approximate surface area is 117 Å². The largest absolute Gasteiger partial charge is 0.399 e. The molecule has 0 bridgehead atoms. The molecule has 0 spiro atoms. The van der Waals surface area contributed by atoms with Crippen LogP contribution >= 0.6 is 0 Å². The number of nitrogen functional groups attached to an aromatic ring is 1. The second-order valence-electron chi connectivity index (χ2n) is 4.61. The van der Waals surface area contributed by atoms with Gasteiger partial charge in [0.25, 0.3) is 0 Å². The molecule has 0 heterocycles. The number of rotatable bonds is 5. The number of anilines is 1. The van der Waals surface area contributed by atoms with Gasteiger partial charge >= 0.3 is 0 Å². The first kappa shape index (κ1) is 14.1. The van der Waals surface area contributed by atoms with Crippen molar-refractivity contribution < 1.29 is 9.18 Å². The van der Waals surface area contributed by atoms with Gasteiger partial charge in [-0.3, -0.25) is 4.79 Å². The van der Waals surface area contributed by atoms with E-state index in [0.29, 0.717) is 12.1 Å². The van der Waals surface area contributed by atoms with Gasteiger partial charge in [-0.1, -0.05) is 30.3 Å². The topological polar surface area (TPSA) is 55.1 Å². The molecule has 20 heavy (non-hydrogen) atoms. The average molecular weight is 272 g/mol. The molecule has 0 saturated carbocycles. The number of carbonyl (C=O) groups is 1. The highest BCUT2D eigenvalue weighted by Crippen LogP contribution is 2.07. The van der Waals surface area contributed by atoms with E-state index in [9.17, 15) is 9.18 Å². The van der Waals surface area contributed by atoms with E-state index in [2.05, 4.69) is 5.32 Å². The fraction of sp³-hybridized carbons (Fsp3) is 0.188. The first-order chi connectivity index (χ1) is 9.65. The highest BCUT2D eigenvalue weighted by molar-refractivity contribution is 5.78. The number of nitrogens with two attached hydrogens (primary N) is 1. The van der Waals surface area contributed by atoms with E-state index in [1.807, 2.05) is 24.3 Å². The van der Waals surface area contributed by atoms with Gasteiger partial charge in [0.1, 0.15) is 5.82 Å². The van der Waals surface area contributed by atoms with Crippen molar-refractivity contribution in [3.05, 3.63) is 65.5 Å². The van der Waals surface area contributed by atoms with Gasteiger partial charge < -0.3 is 11.1 Å². The molecule has 0 aromatic heterocycles. The quantitative estimate of drug-likeness (QED) is 0.821. The second-order valence-corrected chi connectivity index (χ2v) is 4.61. The van der Waals surface area contributed by atoms with Crippen LogP contribution < -0.4 is 11.1 Å². The molecule has 4 heteroatoms. The molecule has 0 aliphatic carbocycles. The third-order valence-electron chi connectivity index (χ3n) is 3.02. The second kappa shape index (κ2) is 6.70. The Morgan fingerprint density at radius 1 is 1.10 bits per heavy atom. The fourth-order valence-electron chi connectivity index (χ4n) is 1.91. The van der Waals surface area contributed by atoms with E-state index in [4.69, 9.17) is 5.73 Å². The third-order valence-corrected chi connectivity index (χ3v) is 3.02. The number of amides is 1. The van der Waals surface area contributed by atoms with Crippen molar-refractivity contribution in [3.8, 4) is 0 Å². The summed E-state index contributed by atoms with van der Waals surface area (Å²) in [4.78, 5) is 11.7. The number of hydrogen-bond donors (Lipinski definition) is 2. The summed E-state index contributed by atoms with van der Waals surface area (Å²) in [5.74, 6) is -0.522. The summed E-state index contributed by atoms with van der Waals surface area (Å²) in [6.07, 6.45) is 0.789. The summed E-state index contributed by atoms with van der Waals surface area (Å²) in [6, 6.07) is 13.8. The van der Waals surface area contributed by atoms with Crippen LogP contribution in [0.3, 0.4) is 0 Å². The monoisotopic (exact) mass is 272 g/mol. The predicted molar refractivity (Wildman–Crippen MR) is 77.7 cm³/mol. The summed E-state index contributed by atoms with van der Waals surface area (Å²) in [7, 11) is 0. The fourth-order valence-corrected chi connectivity index (χ4v) is 1.91. The summed E-state index contributed by atoms with van der Waals surface area (Å²) < 4.78 is 13.4. The maximum Gasteiger partial charge on any atom is 0.224 e. The van der Waals surface area contributed by atoms with Gasteiger partial charge in [-0.25, -0.2) is 4.39 Å². The lowest BCUT2D eigenvalue weighted by Crippen LogP contribution is -2.27. The molecule has 1 amide bonds. The van der Waals surface area contributed by atoms with Gasteiger partial charge in [0.15, 0.2) is 0 Å². The van der Waals surface area contributed by atoms with E-state index in [-0.39, 0.29) is 18.1 Å². The molecule has 3 nitrogen and oxygen atoms in total. The highest BCUT2D eigenvalue weighted by atomic mass is 19.1. The number of carbonyl (C=O) groups excluding carboxylic acids is 1. The Kier molecular flexibility index (Phi) is 4.71. The lowest BCUT2D eigenvalue weighted by atomic mass is 10.1. The zero-order valence-electron chi connectivity index (χ0n) is 11.1. The van der Waals surface area contributed by atoms with Crippen LogP contribution in [-0.4, -0.2) is 12.5 Å². The molecular weight excluding hydrogens is 255 g/mol. The Morgan fingerprint density at radius 2 is 1.80 bits per heavy atom. The zero-order chi connectivity index (χ0) is 14.4. The van der Waals surface area contributed by atoms with Crippen LogP contribution in [0, 0.1) is 5.82 Å². The molecule has 0 saturated heterocycles. The van der Waals surface area contributed by atoms with E-state index < -0.39 is 0 Å². The molecule has 0 aliphatic heterocycles. The lowest BCUT2D eigenvalue weighted by molar-refractivity contribution is -0.120. The Morgan fingerprint density at radius 3 is 2.50 bits per heavy atom. The van der Waals surface area contributed by atoms with Crippen LogP contribution in [0.2, 0.25) is 0 Å². The van der Waals surface area contributed by atoms with Crippen molar-refractivity contribution in [2.24, 2.45) is 0 Å². The molecule has 0 fully saturated rings. The molecule has 0 unspecified atom stereocenters. The van der Waals surface area contributed by atoms with Gasteiger partial charge in [0.2, 0.25) is 5.91 Å². The van der Waals surface area contributed by atoms with Crippen LogP contribution in [0.15, 0.2) is 48.5 Å². The normalized spacial score (nSPS) is 10.2. The molecule has 0 atom stereocenters. The van der Waals surface area contributed by atoms with Crippen LogP contribution in [0.4, 0.5) is 10.1 Å². The summed E-state index contributed by atoms with van der Waals surface area (Å²) in [6.45, 7) is 0.525. The summed E-state index contributed by atoms with van der Waals surface area (Å²) in [5, 5.41) is 2.78.